The minimum absolute atomic E-state index is 0.372. The Kier molecular flexibility index (Phi) is 6.02. The molecule has 0 bridgehead atoms. The van der Waals surface area contributed by atoms with Gasteiger partial charge in [0.25, 0.3) is 0 Å². The second kappa shape index (κ2) is 8.00. The molecule has 116 valence electrons. The summed E-state index contributed by atoms with van der Waals surface area (Å²) in [4.78, 5) is 11.2. The van der Waals surface area contributed by atoms with Gasteiger partial charge in [0.05, 0.1) is 0 Å². The van der Waals surface area contributed by atoms with E-state index in [0.29, 0.717) is 11.7 Å². The van der Waals surface area contributed by atoms with E-state index in [1.54, 1.807) is 0 Å². The van der Waals surface area contributed by atoms with Crippen LogP contribution in [0.2, 0.25) is 0 Å². The predicted molar refractivity (Wildman–Crippen MR) is 83.4 cm³/mol. The maximum atomic E-state index is 11.2. The van der Waals surface area contributed by atoms with Gasteiger partial charge in [-0.05, 0) is 50.3 Å². The van der Waals surface area contributed by atoms with Gasteiger partial charge in [-0.1, -0.05) is 6.07 Å². The number of rotatable bonds is 6. The molecule has 1 aromatic carbocycles. The lowest BCUT2D eigenvalue weighted by Crippen LogP contribution is -2.24. The van der Waals surface area contributed by atoms with E-state index in [9.17, 15) is 4.79 Å². The van der Waals surface area contributed by atoms with Crippen LogP contribution in [0.5, 0.6) is 0 Å². The predicted octanol–water partition coefficient (Wildman–Crippen LogP) is 2.23. The van der Waals surface area contributed by atoms with Crippen LogP contribution in [0.15, 0.2) is 24.3 Å². The number of ether oxygens (including phenoxy) is 1. The van der Waals surface area contributed by atoms with Crippen LogP contribution in [0.25, 0.3) is 0 Å². The summed E-state index contributed by atoms with van der Waals surface area (Å²) in [6.45, 7) is 3.42. The van der Waals surface area contributed by atoms with Crippen molar-refractivity contribution in [1.29, 1.82) is 0 Å². The number of aliphatic hydroxyl groups is 1. The van der Waals surface area contributed by atoms with Crippen molar-refractivity contribution in [2.24, 2.45) is 5.92 Å². The van der Waals surface area contributed by atoms with Crippen molar-refractivity contribution in [3.63, 3.8) is 0 Å². The fourth-order valence-electron chi connectivity index (χ4n) is 2.71. The molecule has 1 atom stereocenters. The summed E-state index contributed by atoms with van der Waals surface area (Å²) < 4.78 is 5.38. The van der Waals surface area contributed by atoms with Crippen LogP contribution < -0.4 is 10.6 Å². The van der Waals surface area contributed by atoms with Gasteiger partial charge in [0, 0.05) is 30.6 Å². The van der Waals surface area contributed by atoms with Gasteiger partial charge in [0.15, 0.2) is 0 Å². The van der Waals surface area contributed by atoms with Gasteiger partial charge in [-0.25, -0.2) is 0 Å². The third-order valence-electron chi connectivity index (χ3n) is 3.73. The van der Waals surface area contributed by atoms with Gasteiger partial charge in [-0.15, -0.1) is 0 Å². The molecule has 1 aromatic rings. The van der Waals surface area contributed by atoms with Gasteiger partial charge in [-0.3, -0.25) is 4.79 Å². The maximum absolute atomic E-state index is 11.2. The number of hydrogen-bond acceptors (Lipinski definition) is 4. The van der Waals surface area contributed by atoms with E-state index in [-0.39, 0.29) is 0 Å². The monoisotopic (exact) mass is 292 g/mol. The molecule has 0 aliphatic carbocycles. The molecule has 1 saturated heterocycles. The van der Waals surface area contributed by atoms with Crippen LogP contribution in [0, 0.1) is 5.92 Å². The number of benzene rings is 1. The molecule has 2 rings (SSSR count). The fraction of sp³-hybridized carbons (Fsp3) is 0.562. The smallest absolute Gasteiger partial charge is 0.250 e. The van der Waals surface area contributed by atoms with Crippen LogP contribution in [-0.4, -0.2) is 36.9 Å². The van der Waals surface area contributed by atoms with Gasteiger partial charge >= 0.3 is 0 Å². The Morgan fingerprint density at radius 2 is 2.10 bits per heavy atom. The number of carbonyl (C=O) groups is 1. The first-order valence-corrected chi connectivity index (χ1v) is 7.52. The highest BCUT2D eigenvalue weighted by atomic mass is 16.5. The topological polar surface area (TPSA) is 70.6 Å². The molecule has 1 amide bonds. The lowest BCUT2D eigenvalue weighted by Gasteiger charge is -2.26. The molecule has 5 heteroatoms. The van der Waals surface area contributed by atoms with Gasteiger partial charge in [0.1, 0.15) is 6.61 Å². The molecule has 1 aliphatic heterocycles. The molecule has 3 N–H and O–H groups in total. The lowest BCUT2D eigenvalue weighted by atomic mass is 9.93. The number of carbonyl (C=O) groups excluding carboxylic acids is 1. The van der Waals surface area contributed by atoms with Crippen LogP contribution in [0.4, 0.5) is 11.4 Å². The highest BCUT2D eigenvalue weighted by Crippen LogP contribution is 2.22. The molecule has 21 heavy (non-hydrogen) atoms. The number of anilines is 2. The third kappa shape index (κ3) is 5.36. The van der Waals surface area contributed by atoms with Crippen LogP contribution >= 0.6 is 0 Å². The number of amides is 1. The van der Waals surface area contributed by atoms with E-state index in [1.807, 2.05) is 24.3 Å². The maximum Gasteiger partial charge on any atom is 0.250 e. The van der Waals surface area contributed by atoms with E-state index in [0.717, 1.165) is 44.1 Å². The fourth-order valence-corrected chi connectivity index (χ4v) is 2.71. The quantitative estimate of drug-likeness (QED) is 0.752. The Labute approximate surface area is 125 Å². The molecule has 1 unspecified atom stereocenters. The van der Waals surface area contributed by atoms with Crippen molar-refractivity contribution in [2.75, 3.05) is 30.5 Å². The van der Waals surface area contributed by atoms with Crippen molar-refractivity contribution in [1.82, 2.24) is 0 Å². The number of hydrogen-bond donors (Lipinski definition) is 3. The first kappa shape index (κ1) is 15.8. The second-order valence-corrected chi connectivity index (χ2v) is 5.62. The van der Waals surface area contributed by atoms with Crippen LogP contribution in [-0.2, 0) is 9.53 Å². The minimum atomic E-state index is -0.502. The molecule has 1 heterocycles. The summed E-state index contributed by atoms with van der Waals surface area (Å²) in [5, 5.41) is 14.9. The highest BCUT2D eigenvalue weighted by molar-refractivity contribution is 5.91. The first-order chi connectivity index (χ1) is 10.2. The average molecular weight is 292 g/mol. The number of nitrogens with one attached hydrogen (secondary N) is 2. The van der Waals surface area contributed by atoms with E-state index in [2.05, 4.69) is 17.6 Å². The summed E-state index contributed by atoms with van der Waals surface area (Å²) in [6.07, 6.45) is 3.40. The van der Waals surface area contributed by atoms with Gasteiger partial charge in [0.2, 0.25) is 5.91 Å². The zero-order valence-corrected chi connectivity index (χ0v) is 12.5. The normalized spacial score (nSPS) is 17.2. The summed E-state index contributed by atoms with van der Waals surface area (Å²) in [7, 11) is 0. The summed E-state index contributed by atoms with van der Waals surface area (Å²) in [5.41, 5.74) is 1.67. The lowest BCUT2D eigenvalue weighted by molar-refractivity contribution is -0.118. The summed E-state index contributed by atoms with van der Waals surface area (Å²) in [6, 6.07) is 7.93. The molecule has 0 aromatic heterocycles. The molecular formula is C16H24N2O3. The van der Waals surface area contributed by atoms with E-state index in [1.165, 1.54) is 0 Å². The van der Waals surface area contributed by atoms with Crippen molar-refractivity contribution in [3.8, 4) is 0 Å². The molecule has 0 saturated carbocycles. The van der Waals surface area contributed by atoms with Crippen LogP contribution in [0.1, 0.15) is 26.2 Å². The zero-order valence-electron chi connectivity index (χ0n) is 12.5. The average Bonchev–Trinajstić information content (AvgIpc) is 2.48. The van der Waals surface area contributed by atoms with E-state index in [4.69, 9.17) is 9.84 Å². The highest BCUT2D eigenvalue weighted by Gasteiger charge is 2.16. The van der Waals surface area contributed by atoms with E-state index < -0.39 is 12.5 Å². The van der Waals surface area contributed by atoms with Crippen molar-refractivity contribution in [2.45, 2.75) is 32.2 Å². The third-order valence-corrected chi connectivity index (χ3v) is 3.73. The van der Waals surface area contributed by atoms with Crippen molar-refractivity contribution in [3.05, 3.63) is 24.3 Å². The van der Waals surface area contributed by atoms with Crippen molar-refractivity contribution < 1.29 is 14.6 Å². The summed E-state index contributed by atoms with van der Waals surface area (Å²) in [5.74, 6) is 0.320. The Hall–Kier alpha value is -1.59. The standard InChI is InChI=1S/C16H24N2O3/c1-12(9-13-5-7-21-8-6-13)17-14-3-2-4-15(10-14)18-16(20)11-19/h2-4,10,12-13,17,19H,5-9,11H2,1H3,(H,18,20). The van der Waals surface area contributed by atoms with Crippen molar-refractivity contribution >= 4 is 17.3 Å². The van der Waals surface area contributed by atoms with Crippen LogP contribution in [0.3, 0.4) is 0 Å². The molecular weight excluding hydrogens is 268 g/mol. The Bertz CT molecular complexity index is 459. The Morgan fingerprint density at radius 1 is 1.38 bits per heavy atom. The minimum Gasteiger partial charge on any atom is -0.387 e. The van der Waals surface area contributed by atoms with Gasteiger partial charge < -0.3 is 20.5 Å². The molecule has 0 spiro atoms. The Balaban J connectivity index is 1.86. The largest absolute Gasteiger partial charge is 0.387 e. The molecule has 0 radical (unpaired) electrons. The molecule has 1 aliphatic rings. The van der Waals surface area contributed by atoms with E-state index >= 15 is 0 Å². The SMILES string of the molecule is CC(CC1CCOCC1)Nc1cccc(NC(=O)CO)c1. The van der Waals surface area contributed by atoms with Gasteiger partial charge in [-0.2, -0.15) is 0 Å². The molecule has 5 nitrogen and oxygen atoms in total. The molecule has 1 fully saturated rings. The Morgan fingerprint density at radius 3 is 2.81 bits per heavy atom. The summed E-state index contributed by atoms with van der Waals surface area (Å²) >= 11 is 0. The first-order valence-electron chi connectivity index (χ1n) is 7.52. The number of aliphatic hydroxyl groups excluding tert-OH is 1. The second-order valence-electron chi connectivity index (χ2n) is 5.62. The zero-order chi connectivity index (χ0) is 15.1.